The Bertz CT molecular complexity index is 1180. The summed E-state index contributed by atoms with van der Waals surface area (Å²) in [6.07, 6.45) is 4.52. The molecule has 0 saturated carbocycles. The number of carboxylic acids is 2. The maximum absolute atomic E-state index is 12.0. The molecule has 2 atom stereocenters. The maximum atomic E-state index is 12.0. The third kappa shape index (κ3) is 5.28. The number of hydrogen-bond acceptors (Lipinski definition) is 2. The van der Waals surface area contributed by atoms with Crippen LogP contribution in [0.1, 0.15) is 61.5 Å². The fourth-order valence-corrected chi connectivity index (χ4v) is 4.98. The van der Waals surface area contributed by atoms with Gasteiger partial charge in [-0.2, -0.15) is 0 Å². The lowest BCUT2D eigenvalue weighted by Gasteiger charge is -2.16. The maximum Gasteiger partial charge on any atom is 0.310 e. The molecule has 0 aliphatic heterocycles. The minimum Gasteiger partial charge on any atom is -0.481 e. The minimum atomic E-state index is -0.793. The molecular formula is C30H30O4. The molecule has 4 nitrogen and oxygen atoms in total. The first-order valence-electron chi connectivity index (χ1n) is 12.0. The zero-order valence-corrected chi connectivity index (χ0v) is 19.2. The molecule has 2 N–H and O–H groups in total. The van der Waals surface area contributed by atoms with Crippen molar-refractivity contribution in [2.24, 2.45) is 0 Å². The van der Waals surface area contributed by atoms with E-state index in [-0.39, 0.29) is 0 Å². The normalized spacial score (nSPS) is 13.1. The van der Waals surface area contributed by atoms with E-state index in [4.69, 9.17) is 0 Å². The third-order valence-corrected chi connectivity index (χ3v) is 6.73. The van der Waals surface area contributed by atoms with Crippen LogP contribution in [0, 0.1) is 0 Å². The van der Waals surface area contributed by atoms with Crippen LogP contribution in [-0.2, 0) is 9.59 Å². The monoisotopic (exact) mass is 454 g/mol. The fourth-order valence-electron chi connectivity index (χ4n) is 4.98. The third-order valence-electron chi connectivity index (χ3n) is 6.73. The van der Waals surface area contributed by atoms with Crippen LogP contribution in [0.15, 0.2) is 84.9 Å². The van der Waals surface area contributed by atoms with Crippen molar-refractivity contribution in [1.82, 2.24) is 0 Å². The van der Waals surface area contributed by atoms with Crippen LogP contribution >= 0.6 is 0 Å². The summed E-state index contributed by atoms with van der Waals surface area (Å²) < 4.78 is 0. The van der Waals surface area contributed by atoms with Gasteiger partial charge in [0.05, 0.1) is 11.8 Å². The summed E-state index contributed by atoms with van der Waals surface area (Å²) in [6, 6.07) is 27.5. The molecule has 0 saturated heterocycles. The van der Waals surface area contributed by atoms with Gasteiger partial charge in [0.15, 0.2) is 0 Å². The van der Waals surface area contributed by atoms with Gasteiger partial charge in [0, 0.05) is 0 Å². The first-order valence-corrected chi connectivity index (χ1v) is 12.0. The van der Waals surface area contributed by atoms with Crippen LogP contribution in [-0.4, -0.2) is 22.2 Å². The Hall–Kier alpha value is -3.66. The first-order chi connectivity index (χ1) is 16.6. The van der Waals surface area contributed by atoms with E-state index in [1.54, 1.807) is 0 Å². The molecule has 4 rings (SSSR count). The second kappa shape index (κ2) is 11.0. The van der Waals surface area contributed by atoms with E-state index >= 15 is 0 Å². The lowest BCUT2D eigenvalue weighted by Crippen LogP contribution is -2.13. The lowest BCUT2D eigenvalue weighted by molar-refractivity contribution is -0.140. The van der Waals surface area contributed by atoms with Crippen LogP contribution in [0.2, 0.25) is 0 Å². The minimum absolute atomic E-state index is 0.534. The number of fused-ring (bicyclic) bond motifs is 2. The largest absolute Gasteiger partial charge is 0.481 e. The van der Waals surface area contributed by atoms with Crippen molar-refractivity contribution in [1.29, 1.82) is 0 Å². The lowest BCUT2D eigenvalue weighted by atomic mass is 9.88. The Morgan fingerprint density at radius 1 is 0.529 bits per heavy atom. The van der Waals surface area contributed by atoms with Gasteiger partial charge in [-0.3, -0.25) is 9.59 Å². The predicted octanol–water partition coefficient (Wildman–Crippen LogP) is 7.37. The average molecular weight is 455 g/mol. The van der Waals surface area contributed by atoms with Crippen LogP contribution in [0.5, 0.6) is 0 Å². The first kappa shape index (κ1) is 23.5. The van der Waals surface area contributed by atoms with Gasteiger partial charge in [0.1, 0.15) is 0 Å². The second-order valence-electron chi connectivity index (χ2n) is 8.91. The van der Waals surface area contributed by atoms with Crippen LogP contribution < -0.4 is 0 Å². The standard InChI is InChI=1S/C30H30O4/c31-29(32)27(25-19-9-13-21-11-5-7-15-23(21)25)17-3-1-2-4-18-28(30(33)34)26-20-10-14-22-12-6-8-16-24(22)26/h5-16,19-20,27-28H,1-4,17-18H2,(H,31,32)(H,33,34). The van der Waals surface area contributed by atoms with E-state index < -0.39 is 23.8 Å². The van der Waals surface area contributed by atoms with E-state index in [0.29, 0.717) is 12.8 Å². The summed E-state index contributed by atoms with van der Waals surface area (Å²) in [7, 11) is 0. The Balaban J connectivity index is 1.34. The van der Waals surface area contributed by atoms with Crippen molar-refractivity contribution in [2.75, 3.05) is 0 Å². The molecule has 0 fully saturated rings. The summed E-state index contributed by atoms with van der Waals surface area (Å²) in [6.45, 7) is 0. The molecule has 0 aliphatic rings. The number of unbranched alkanes of at least 4 members (excludes halogenated alkanes) is 3. The number of aliphatic carboxylic acids is 2. The topological polar surface area (TPSA) is 74.6 Å². The number of carboxylic acid groups (broad SMARTS) is 2. The highest BCUT2D eigenvalue weighted by atomic mass is 16.4. The number of carbonyl (C=O) groups is 2. The summed E-state index contributed by atoms with van der Waals surface area (Å²) in [5.74, 6) is -2.65. The SMILES string of the molecule is O=C(O)C(CCCCCCC(C(=O)O)c1cccc2ccccc12)c1cccc2ccccc12. The molecular weight excluding hydrogens is 424 g/mol. The molecule has 0 spiro atoms. The Kier molecular flexibility index (Phi) is 7.58. The molecule has 174 valence electrons. The highest BCUT2D eigenvalue weighted by Gasteiger charge is 2.23. The Labute approximate surface area is 199 Å². The van der Waals surface area contributed by atoms with E-state index in [9.17, 15) is 19.8 Å². The quantitative estimate of drug-likeness (QED) is 0.232. The zero-order chi connectivity index (χ0) is 23.9. The van der Waals surface area contributed by atoms with E-state index in [2.05, 4.69) is 0 Å². The van der Waals surface area contributed by atoms with Crippen molar-refractivity contribution < 1.29 is 19.8 Å². The van der Waals surface area contributed by atoms with Crippen molar-refractivity contribution in [3.05, 3.63) is 96.1 Å². The van der Waals surface area contributed by atoms with Crippen molar-refractivity contribution >= 4 is 33.5 Å². The predicted molar refractivity (Wildman–Crippen MR) is 136 cm³/mol. The van der Waals surface area contributed by atoms with Gasteiger partial charge < -0.3 is 10.2 Å². The molecule has 0 heterocycles. The van der Waals surface area contributed by atoms with Gasteiger partial charge in [0.25, 0.3) is 0 Å². The highest BCUT2D eigenvalue weighted by molar-refractivity contribution is 5.91. The zero-order valence-electron chi connectivity index (χ0n) is 19.2. The molecule has 0 amide bonds. The van der Waals surface area contributed by atoms with Crippen molar-refractivity contribution in [3.8, 4) is 0 Å². The molecule has 4 aromatic carbocycles. The molecule has 34 heavy (non-hydrogen) atoms. The molecule has 0 aliphatic carbocycles. The van der Waals surface area contributed by atoms with Crippen molar-refractivity contribution in [3.63, 3.8) is 0 Å². The van der Waals surface area contributed by atoms with Gasteiger partial charge in [-0.05, 0) is 45.5 Å². The summed E-state index contributed by atoms with van der Waals surface area (Å²) in [5.41, 5.74) is 1.74. The molecule has 4 heteroatoms. The molecule has 2 unspecified atom stereocenters. The Morgan fingerprint density at radius 2 is 0.912 bits per heavy atom. The highest BCUT2D eigenvalue weighted by Crippen LogP contribution is 2.32. The van der Waals surface area contributed by atoms with Crippen LogP contribution in [0.4, 0.5) is 0 Å². The van der Waals surface area contributed by atoms with Crippen LogP contribution in [0.3, 0.4) is 0 Å². The van der Waals surface area contributed by atoms with Gasteiger partial charge >= 0.3 is 11.9 Å². The van der Waals surface area contributed by atoms with Crippen LogP contribution in [0.25, 0.3) is 21.5 Å². The molecule has 0 radical (unpaired) electrons. The molecule has 0 aromatic heterocycles. The second-order valence-corrected chi connectivity index (χ2v) is 8.91. The van der Waals surface area contributed by atoms with Gasteiger partial charge in [0.2, 0.25) is 0 Å². The van der Waals surface area contributed by atoms with Gasteiger partial charge in [-0.15, -0.1) is 0 Å². The van der Waals surface area contributed by atoms with Gasteiger partial charge in [-0.25, -0.2) is 0 Å². The number of benzene rings is 4. The summed E-state index contributed by atoms with van der Waals surface area (Å²) in [4.78, 5) is 24.1. The summed E-state index contributed by atoms with van der Waals surface area (Å²) in [5, 5.41) is 23.8. The Morgan fingerprint density at radius 3 is 1.32 bits per heavy atom. The molecule has 4 aromatic rings. The summed E-state index contributed by atoms with van der Waals surface area (Å²) >= 11 is 0. The van der Waals surface area contributed by atoms with E-state index in [1.807, 2.05) is 84.9 Å². The fraction of sp³-hybridized carbons (Fsp3) is 0.267. The smallest absolute Gasteiger partial charge is 0.310 e. The average Bonchev–Trinajstić information content (AvgIpc) is 2.85. The number of hydrogen-bond donors (Lipinski definition) is 2. The molecule has 0 bridgehead atoms. The van der Waals surface area contributed by atoms with E-state index in [0.717, 1.165) is 58.4 Å². The number of rotatable bonds is 11. The van der Waals surface area contributed by atoms with Gasteiger partial charge in [-0.1, -0.05) is 111 Å². The van der Waals surface area contributed by atoms with Crippen molar-refractivity contribution in [2.45, 2.75) is 50.4 Å². The van der Waals surface area contributed by atoms with E-state index in [1.165, 1.54) is 0 Å².